The van der Waals surface area contributed by atoms with Crippen molar-refractivity contribution in [2.24, 2.45) is 11.8 Å². The molecule has 0 spiro atoms. The summed E-state index contributed by atoms with van der Waals surface area (Å²) in [6, 6.07) is 9.47. The highest BCUT2D eigenvalue weighted by Crippen LogP contribution is 2.36. The van der Waals surface area contributed by atoms with Crippen molar-refractivity contribution < 1.29 is 23.5 Å². The van der Waals surface area contributed by atoms with Crippen LogP contribution >= 0.6 is 0 Å². The predicted molar refractivity (Wildman–Crippen MR) is 111 cm³/mol. The maximum Gasteiger partial charge on any atom is 0.321 e. The summed E-state index contributed by atoms with van der Waals surface area (Å²) in [6.45, 7) is 12.4. The average molecular weight is 407 g/mol. The van der Waals surface area contributed by atoms with Gasteiger partial charge >= 0.3 is 11.9 Å². The minimum Gasteiger partial charge on any atom is -0.465 e. The standard InChI is InChI=1S/C22H34O5Si/c1-22(2,3)28(4,5)27-14-10-9-13-18-16-26-21(24)19(18)20(23)25-15-17-11-7-6-8-12-17/h6-8,11-12,18-19H,9-10,13-16H2,1-5H3. The lowest BCUT2D eigenvalue weighted by atomic mass is 9.90. The fourth-order valence-corrected chi connectivity index (χ4v) is 4.06. The van der Waals surface area contributed by atoms with Gasteiger partial charge in [-0.1, -0.05) is 57.5 Å². The molecule has 0 radical (unpaired) electrons. The molecule has 0 aromatic heterocycles. The maximum absolute atomic E-state index is 12.4. The van der Waals surface area contributed by atoms with E-state index in [2.05, 4.69) is 33.9 Å². The van der Waals surface area contributed by atoms with Gasteiger partial charge in [0.25, 0.3) is 0 Å². The Morgan fingerprint density at radius 2 is 1.86 bits per heavy atom. The molecule has 1 aromatic rings. The lowest BCUT2D eigenvalue weighted by molar-refractivity contribution is -0.157. The molecule has 2 unspecified atom stereocenters. The first-order chi connectivity index (χ1) is 13.1. The Morgan fingerprint density at radius 3 is 2.50 bits per heavy atom. The summed E-state index contributed by atoms with van der Waals surface area (Å²) in [6.07, 6.45) is 2.58. The number of rotatable bonds is 9. The molecule has 156 valence electrons. The van der Waals surface area contributed by atoms with Gasteiger partial charge in [-0.3, -0.25) is 9.59 Å². The number of hydrogen-bond donors (Lipinski definition) is 0. The number of hydrogen-bond acceptors (Lipinski definition) is 5. The van der Waals surface area contributed by atoms with Gasteiger partial charge in [-0.05, 0) is 36.5 Å². The molecule has 0 aliphatic carbocycles. The average Bonchev–Trinajstić information content (AvgIpc) is 3.00. The molecule has 1 aliphatic rings. The SMILES string of the molecule is CC(C)(C)[Si](C)(C)OCCCCC1COC(=O)C1C(=O)OCc1ccccc1. The van der Waals surface area contributed by atoms with Crippen molar-refractivity contribution in [3.8, 4) is 0 Å². The zero-order valence-corrected chi connectivity index (χ0v) is 18.8. The minimum absolute atomic E-state index is 0.108. The Bertz CT molecular complexity index is 651. The summed E-state index contributed by atoms with van der Waals surface area (Å²) in [5, 5.41) is 0.201. The highest BCUT2D eigenvalue weighted by atomic mass is 28.4. The van der Waals surface area contributed by atoms with Gasteiger partial charge in [0.1, 0.15) is 6.61 Å². The van der Waals surface area contributed by atoms with Gasteiger partial charge in [-0.2, -0.15) is 0 Å². The highest BCUT2D eigenvalue weighted by Gasteiger charge is 2.43. The van der Waals surface area contributed by atoms with Gasteiger partial charge in [-0.15, -0.1) is 0 Å². The summed E-state index contributed by atoms with van der Waals surface area (Å²) in [4.78, 5) is 24.5. The summed E-state index contributed by atoms with van der Waals surface area (Å²) in [7, 11) is -1.72. The van der Waals surface area contributed by atoms with Crippen molar-refractivity contribution in [3.63, 3.8) is 0 Å². The molecule has 1 aliphatic heterocycles. The number of ether oxygens (including phenoxy) is 2. The molecule has 0 N–H and O–H groups in total. The van der Waals surface area contributed by atoms with E-state index in [1.807, 2.05) is 30.3 Å². The Hall–Kier alpha value is -1.66. The molecule has 1 heterocycles. The normalized spacial score (nSPS) is 20.1. The third kappa shape index (κ3) is 6.17. The van der Waals surface area contributed by atoms with Crippen LogP contribution in [0.4, 0.5) is 0 Å². The van der Waals surface area contributed by atoms with E-state index >= 15 is 0 Å². The van der Waals surface area contributed by atoms with Crippen molar-refractivity contribution >= 4 is 20.3 Å². The molecule has 0 amide bonds. The van der Waals surface area contributed by atoms with Crippen molar-refractivity contribution in [1.29, 1.82) is 0 Å². The van der Waals surface area contributed by atoms with Gasteiger partial charge in [0.2, 0.25) is 0 Å². The summed E-state index contributed by atoms with van der Waals surface area (Å²) in [5.41, 5.74) is 0.904. The molecule has 1 fully saturated rings. The topological polar surface area (TPSA) is 61.8 Å². The van der Waals surface area contributed by atoms with Gasteiger partial charge in [0, 0.05) is 12.5 Å². The van der Waals surface area contributed by atoms with E-state index in [0.717, 1.165) is 31.4 Å². The van der Waals surface area contributed by atoms with Crippen LogP contribution in [0.15, 0.2) is 30.3 Å². The fraction of sp³-hybridized carbons (Fsp3) is 0.636. The van der Waals surface area contributed by atoms with Gasteiger partial charge in [0.15, 0.2) is 14.2 Å². The second-order valence-corrected chi connectivity index (χ2v) is 13.9. The molecule has 2 atom stereocenters. The summed E-state index contributed by atoms with van der Waals surface area (Å²) in [5.74, 6) is -1.84. The lowest BCUT2D eigenvalue weighted by Gasteiger charge is -2.36. The van der Waals surface area contributed by atoms with E-state index in [9.17, 15) is 9.59 Å². The first kappa shape index (κ1) is 22.6. The van der Waals surface area contributed by atoms with Crippen LogP contribution in [0, 0.1) is 11.8 Å². The predicted octanol–water partition coefficient (Wildman–Crippen LogP) is 4.71. The van der Waals surface area contributed by atoms with Gasteiger partial charge < -0.3 is 13.9 Å². The lowest BCUT2D eigenvalue weighted by Crippen LogP contribution is -2.40. The molecule has 2 rings (SSSR count). The van der Waals surface area contributed by atoms with Crippen LogP contribution in [0.3, 0.4) is 0 Å². The van der Waals surface area contributed by atoms with Crippen LogP contribution in [0.1, 0.15) is 45.6 Å². The van der Waals surface area contributed by atoms with E-state index in [1.165, 1.54) is 0 Å². The second-order valence-electron chi connectivity index (χ2n) is 9.07. The molecule has 1 saturated heterocycles. The number of carbonyl (C=O) groups excluding carboxylic acids is 2. The molecule has 0 bridgehead atoms. The molecular weight excluding hydrogens is 372 g/mol. The number of carbonyl (C=O) groups is 2. The van der Waals surface area contributed by atoms with E-state index < -0.39 is 26.2 Å². The smallest absolute Gasteiger partial charge is 0.321 e. The molecule has 28 heavy (non-hydrogen) atoms. The molecule has 1 aromatic carbocycles. The third-order valence-corrected chi connectivity index (χ3v) is 10.4. The number of cyclic esters (lactones) is 1. The first-order valence-electron chi connectivity index (χ1n) is 10.1. The van der Waals surface area contributed by atoms with Crippen LogP contribution in [0.5, 0.6) is 0 Å². The van der Waals surface area contributed by atoms with Crippen molar-refractivity contribution in [2.45, 2.75) is 64.8 Å². The van der Waals surface area contributed by atoms with Gasteiger partial charge in [0.05, 0.1) is 6.61 Å². The highest BCUT2D eigenvalue weighted by molar-refractivity contribution is 6.74. The van der Waals surface area contributed by atoms with Crippen LogP contribution in [-0.4, -0.2) is 33.5 Å². The second kappa shape index (κ2) is 9.70. The van der Waals surface area contributed by atoms with Crippen molar-refractivity contribution in [2.75, 3.05) is 13.2 Å². The minimum atomic E-state index is -1.72. The monoisotopic (exact) mass is 406 g/mol. The third-order valence-electron chi connectivity index (χ3n) is 5.88. The van der Waals surface area contributed by atoms with Crippen molar-refractivity contribution in [3.05, 3.63) is 35.9 Å². The zero-order valence-electron chi connectivity index (χ0n) is 17.8. The quantitative estimate of drug-likeness (QED) is 0.257. The van der Waals surface area contributed by atoms with Crippen LogP contribution in [0.2, 0.25) is 18.1 Å². The Balaban J connectivity index is 1.76. The Kier molecular flexibility index (Phi) is 7.84. The van der Waals surface area contributed by atoms with Crippen LogP contribution in [-0.2, 0) is 30.1 Å². The molecule has 6 heteroatoms. The maximum atomic E-state index is 12.4. The van der Waals surface area contributed by atoms with Crippen LogP contribution in [0.25, 0.3) is 0 Å². The largest absolute Gasteiger partial charge is 0.465 e. The Labute approximate surface area is 169 Å². The molecule has 5 nitrogen and oxygen atoms in total. The van der Waals surface area contributed by atoms with Gasteiger partial charge in [-0.25, -0.2) is 0 Å². The Morgan fingerprint density at radius 1 is 1.18 bits per heavy atom. The first-order valence-corrected chi connectivity index (χ1v) is 13.0. The van der Waals surface area contributed by atoms with E-state index in [-0.39, 0.29) is 17.6 Å². The number of unbranched alkanes of at least 4 members (excludes halogenated alkanes) is 1. The number of esters is 2. The molecular formula is C22H34O5Si. The van der Waals surface area contributed by atoms with E-state index in [0.29, 0.717) is 6.61 Å². The van der Waals surface area contributed by atoms with Crippen molar-refractivity contribution in [1.82, 2.24) is 0 Å². The molecule has 0 saturated carbocycles. The summed E-state index contributed by atoms with van der Waals surface area (Å²) >= 11 is 0. The van der Waals surface area contributed by atoms with E-state index in [1.54, 1.807) is 0 Å². The fourth-order valence-electron chi connectivity index (χ4n) is 2.98. The zero-order chi connectivity index (χ0) is 20.8. The summed E-state index contributed by atoms with van der Waals surface area (Å²) < 4.78 is 16.7. The van der Waals surface area contributed by atoms with Crippen LogP contribution < -0.4 is 0 Å². The number of benzene rings is 1. The van der Waals surface area contributed by atoms with E-state index in [4.69, 9.17) is 13.9 Å².